The fourth-order valence-corrected chi connectivity index (χ4v) is 2.88. The maximum Gasteiger partial charge on any atom is 0.246 e. The van der Waals surface area contributed by atoms with Crippen molar-refractivity contribution in [2.75, 3.05) is 0 Å². The molecule has 0 saturated carbocycles. The molecule has 22 heavy (non-hydrogen) atoms. The van der Waals surface area contributed by atoms with Crippen molar-refractivity contribution in [3.8, 4) is 33.6 Å². The third-order valence-electron chi connectivity index (χ3n) is 3.16. The summed E-state index contributed by atoms with van der Waals surface area (Å²) in [5.74, 6) is 1.17. The molecule has 4 rings (SSSR count). The minimum atomic E-state index is 0.504. The second-order valence-electron chi connectivity index (χ2n) is 4.60. The molecule has 4 aromatic heterocycles. The topological polar surface area (TPSA) is 51.8 Å². The van der Waals surface area contributed by atoms with Crippen LogP contribution in [0.2, 0.25) is 0 Å². The van der Waals surface area contributed by atoms with E-state index in [9.17, 15) is 0 Å². The molecule has 0 unspecified atom stereocenters. The molecule has 5 heteroatoms. The number of hydrogen-bond donors (Lipinski definition) is 0. The minimum absolute atomic E-state index is 0.504. The molecule has 0 fully saturated rings. The predicted molar refractivity (Wildman–Crippen MR) is 86.3 cm³/mol. The molecule has 0 N–H and O–H groups in total. The lowest BCUT2D eigenvalue weighted by molar-refractivity contribution is 0.584. The van der Waals surface area contributed by atoms with Crippen LogP contribution in [0.4, 0.5) is 0 Å². The largest absolute Gasteiger partial charge is 0.432 e. The molecule has 4 heterocycles. The van der Waals surface area contributed by atoms with Gasteiger partial charge in [0.05, 0.1) is 4.88 Å². The summed E-state index contributed by atoms with van der Waals surface area (Å²) < 4.78 is 5.98. The Morgan fingerprint density at radius 2 is 1.59 bits per heavy atom. The van der Waals surface area contributed by atoms with E-state index in [-0.39, 0.29) is 0 Å². The van der Waals surface area contributed by atoms with Gasteiger partial charge in [-0.2, -0.15) is 0 Å². The smallest absolute Gasteiger partial charge is 0.246 e. The number of aromatic nitrogens is 3. The van der Waals surface area contributed by atoms with E-state index in [1.165, 1.54) is 0 Å². The molecule has 0 aromatic carbocycles. The van der Waals surface area contributed by atoms with Crippen LogP contribution in [-0.4, -0.2) is 15.0 Å². The van der Waals surface area contributed by atoms with Gasteiger partial charge in [-0.25, -0.2) is 4.98 Å². The molecule has 0 spiro atoms. The summed E-state index contributed by atoms with van der Waals surface area (Å²) in [7, 11) is 0. The Morgan fingerprint density at radius 1 is 0.818 bits per heavy atom. The molecule has 0 bridgehead atoms. The van der Waals surface area contributed by atoms with Crippen LogP contribution in [0.25, 0.3) is 33.6 Å². The average molecular weight is 305 g/mol. The van der Waals surface area contributed by atoms with Gasteiger partial charge in [-0.3, -0.25) is 9.97 Å². The Morgan fingerprint density at radius 3 is 2.23 bits per heavy atom. The molecule has 0 aliphatic rings. The van der Waals surface area contributed by atoms with Crippen molar-refractivity contribution in [1.82, 2.24) is 15.0 Å². The van der Waals surface area contributed by atoms with Gasteiger partial charge < -0.3 is 4.42 Å². The Balaban J connectivity index is 1.91. The fourth-order valence-electron chi connectivity index (χ4n) is 2.17. The Labute approximate surface area is 131 Å². The van der Waals surface area contributed by atoms with Gasteiger partial charge in [0, 0.05) is 12.4 Å². The van der Waals surface area contributed by atoms with E-state index in [0.29, 0.717) is 17.3 Å². The van der Waals surface area contributed by atoms with Crippen LogP contribution >= 0.6 is 11.3 Å². The number of rotatable bonds is 3. The van der Waals surface area contributed by atoms with Gasteiger partial charge in [-0.1, -0.05) is 18.2 Å². The lowest BCUT2D eigenvalue weighted by Crippen LogP contribution is -1.82. The van der Waals surface area contributed by atoms with E-state index >= 15 is 0 Å². The lowest BCUT2D eigenvalue weighted by atomic mass is 10.2. The molecule has 0 saturated heterocycles. The normalized spacial score (nSPS) is 10.7. The Hall–Kier alpha value is -2.79. The van der Waals surface area contributed by atoms with Gasteiger partial charge in [0.25, 0.3) is 0 Å². The molecule has 0 radical (unpaired) electrons. The summed E-state index contributed by atoms with van der Waals surface area (Å²) >= 11 is 1.62. The van der Waals surface area contributed by atoms with Gasteiger partial charge in [0.15, 0.2) is 5.76 Å². The fraction of sp³-hybridized carbons (Fsp3) is 0. The maximum atomic E-state index is 5.98. The number of nitrogens with zero attached hydrogens (tertiary/aromatic N) is 3. The van der Waals surface area contributed by atoms with E-state index in [2.05, 4.69) is 15.0 Å². The SMILES string of the molecule is c1ccc(-c2nc(-c3cccs3)c(-c3ccccn3)o2)nc1. The first-order valence-electron chi connectivity index (χ1n) is 6.79. The molecular formula is C17H11N3OS. The summed E-state index contributed by atoms with van der Waals surface area (Å²) in [4.78, 5) is 14.4. The lowest BCUT2D eigenvalue weighted by Gasteiger charge is -1.97. The second-order valence-corrected chi connectivity index (χ2v) is 5.55. The molecule has 4 nitrogen and oxygen atoms in total. The summed E-state index contributed by atoms with van der Waals surface area (Å²) in [5.41, 5.74) is 2.28. The third kappa shape index (κ3) is 2.31. The van der Waals surface area contributed by atoms with Crippen molar-refractivity contribution in [3.63, 3.8) is 0 Å². The molecular weight excluding hydrogens is 294 g/mol. The quantitative estimate of drug-likeness (QED) is 0.558. The standard InChI is InChI=1S/C17H11N3OS/c1-3-9-18-12(6-1)16-15(14-8-5-11-22-14)20-17(21-16)13-7-2-4-10-19-13/h1-11H. The van der Waals surface area contributed by atoms with E-state index in [0.717, 1.165) is 16.3 Å². The second kappa shape index (κ2) is 5.54. The van der Waals surface area contributed by atoms with Crippen molar-refractivity contribution in [1.29, 1.82) is 0 Å². The molecule has 0 aliphatic carbocycles. The van der Waals surface area contributed by atoms with Crippen molar-refractivity contribution >= 4 is 11.3 Å². The Bertz CT molecular complexity index is 871. The number of oxazole rings is 1. The highest BCUT2D eigenvalue weighted by atomic mass is 32.1. The van der Waals surface area contributed by atoms with Gasteiger partial charge in [0.1, 0.15) is 17.1 Å². The predicted octanol–water partition coefficient (Wildman–Crippen LogP) is 4.53. The minimum Gasteiger partial charge on any atom is -0.432 e. The van der Waals surface area contributed by atoms with Crippen molar-refractivity contribution in [2.24, 2.45) is 0 Å². The molecule has 0 atom stereocenters. The molecule has 0 amide bonds. The molecule has 106 valence electrons. The highest BCUT2D eigenvalue weighted by Gasteiger charge is 2.19. The van der Waals surface area contributed by atoms with E-state index in [4.69, 9.17) is 4.42 Å². The highest BCUT2D eigenvalue weighted by Crippen LogP contribution is 2.36. The number of thiophene rings is 1. The van der Waals surface area contributed by atoms with Gasteiger partial charge in [-0.05, 0) is 35.7 Å². The first-order valence-corrected chi connectivity index (χ1v) is 7.67. The first-order chi connectivity index (χ1) is 10.9. The van der Waals surface area contributed by atoms with Gasteiger partial charge >= 0.3 is 0 Å². The number of pyridine rings is 2. The van der Waals surface area contributed by atoms with Crippen molar-refractivity contribution in [2.45, 2.75) is 0 Å². The number of hydrogen-bond acceptors (Lipinski definition) is 5. The van der Waals surface area contributed by atoms with Crippen LogP contribution in [0.15, 0.2) is 70.7 Å². The first kappa shape index (κ1) is 12.9. The van der Waals surface area contributed by atoms with E-state index < -0.39 is 0 Å². The average Bonchev–Trinajstić information content (AvgIpc) is 3.26. The van der Waals surface area contributed by atoms with Crippen LogP contribution in [0.5, 0.6) is 0 Å². The summed E-state index contributed by atoms with van der Waals surface area (Å²) in [5, 5.41) is 2.02. The zero-order chi connectivity index (χ0) is 14.8. The summed E-state index contributed by atoms with van der Waals surface area (Å²) in [6, 6.07) is 15.4. The van der Waals surface area contributed by atoms with Gasteiger partial charge in [0.2, 0.25) is 5.89 Å². The molecule has 0 aliphatic heterocycles. The zero-order valence-electron chi connectivity index (χ0n) is 11.5. The van der Waals surface area contributed by atoms with E-state index in [1.807, 2.05) is 53.9 Å². The van der Waals surface area contributed by atoms with Crippen LogP contribution in [-0.2, 0) is 0 Å². The third-order valence-corrected chi connectivity index (χ3v) is 4.04. The van der Waals surface area contributed by atoms with Crippen LogP contribution in [0.1, 0.15) is 0 Å². The van der Waals surface area contributed by atoms with Crippen molar-refractivity contribution < 1.29 is 4.42 Å². The monoisotopic (exact) mass is 305 g/mol. The van der Waals surface area contributed by atoms with Crippen molar-refractivity contribution in [3.05, 3.63) is 66.3 Å². The van der Waals surface area contributed by atoms with Crippen LogP contribution < -0.4 is 0 Å². The zero-order valence-corrected chi connectivity index (χ0v) is 12.3. The van der Waals surface area contributed by atoms with Crippen LogP contribution in [0, 0.1) is 0 Å². The van der Waals surface area contributed by atoms with Crippen LogP contribution in [0.3, 0.4) is 0 Å². The van der Waals surface area contributed by atoms with E-state index in [1.54, 1.807) is 23.7 Å². The summed E-state index contributed by atoms with van der Waals surface area (Å²) in [6.45, 7) is 0. The highest BCUT2D eigenvalue weighted by molar-refractivity contribution is 7.13. The molecule has 4 aromatic rings. The Kier molecular flexibility index (Phi) is 3.25. The maximum absolute atomic E-state index is 5.98. The van der Waals surface area contributed by atoms with Gasteiger partial charge in [-0.15, -0.1) is 11.3 Å². The summed E-state index contributed by atoms with van der Waals surface area (Å²) in [6.07, 6.45) is 3.47.